The molecule has 1 rings (SSSR count). The highest BCUT2D eigenvalue weighted by Crippen LogP contribution is 2.35. The monoisotopic (exact) mass is 281 g/mol. The molecule has 20 heavy (non-hydrogen) atoms. The molecule has 0 atom stereocenters. The molecule has 1 aromatic rings. The van der Waals surface area contributed by atoms with Crippen molar-refractivity contribution >= 4 is 17.7 Å². The van der Waals surface area contributed by atoms with Gasteiger partial charge in [0.15, 0.2) is 0 Å². The highest BCUT2D eigenvalue weighted by atomic mass is 16.6. The van der Waals surface area contributed by atoms with Crippen LogP contribution in [0, 0.1) is 10.1 Å². The Labute approximate surface area is 115 Å². The van der Waals surface area contributed by atoms with Crippen LogP contribution in [0.1, 0.15) is 19.4 Å². The van der Waals surface area contributed by atoms with E-state index in [1.807, 2.05) is 0 Å². The van der Waals surface area contributed by atoms with Gasteiger partial charge in [0.05, 0.1) is 18.1 Å². The smallest absolute Gasteiger partial charge is 0.328 e. The molecule has 0 aliphatic heterocycles. The van der Waals surface area contributed by atoms with Crippen molar-refractivity contribution in [1.29, 1.82) is 0 Å². The zero-order chi connectivity index (χ0) is 15.1. The quantitative estimate of drug-likeness (QED) is 0.468. The van der Waals surface area contributed by atoms with Crippen LogP contribution in [0.5, 0.6) is 11.5 Å². The van der Waals surface area contributed by atoms with Crippen molar-refractivity contribution < 1.29 is 24.3 Å². The second-order valence-corrected chi connectivity index (χ2v) is 3.65. The summed E-state index contributed by atoms with van der Waals surface area (Å²) in [6.07, 6.45) is 2.14. The number of aliphatic carboxylic acids is 1. The Morgan fingerprint density at radius 1 is 1.30 bits per heavy atom. The summed E-state index contributed by atoms with van der Waals surface area (Å²) in [4.78, 5) is 21.0. The van der Waals surface area contributed by atoms with Gasteiger partial charge in [0.2, 0.25) is 5.75 Å². The number of nitrogens with zero attached hydrogens (tertiary/aromatic N) is 1. The van der Waals surface area contributed by atoms with Gasteiger partial charge in [-0.05, 0) is 19.9 Å². The van der Waals surface area contributed by atoms with Gasteiger partial charge in [-0.15, -0.1) is 0 Å². The lowest BCUT2D eigenvalue weighted by Crippen LogP contribution is -2.01. The van der Waals surface area contributed by atoms with Gasteiger partial charge in [0, 0.05) is 23.8 Å². The molecule has 1 aromatic carbocycles. The van der Waals surface area contributed by atoms with E-state index in [1.165, 1.54) is 18.2 Å². The van der Waals surface area contributed by atoms with Crippen molar-refractivity contribution in [3.63, 3.8) is 0 Å². The van der Waals surface area contributed by atoms with E-state index in [4.69, 9.17) is 14.6 Å². The van der Waals surface area contributed by atoms with Crippen LogP contribution in [0.3, 0.4) is 0 Å². The van der Waals surface area contributed by atoms with Crippen LogP contribution in [-0.4, -0.2) is 29.2 Å². The summed E-state index contributed by atoms with van der Waals surface area (Å²) in [6.45, 7) is 4.09. The van der Waals surface area contributed by atoms with Crippen LogP contribution < -0.4 is 9.47 Å². The Morgan fingerprint density at radius 3 is 2.40 bits per heavy atom. The van der Waals surface area contributed by atoms with Crippen molar-refractivity contribution in [1.82, 2.24) is 0 Å². The largest absolute Gasteiger partial charge is 0.493 e. The first kappa shape index (κ1) is 15.5. The fraction of sp³-hybridized carbons (Fsp3) is 0.308. The lowest BCUT2D eigenvalue weighted by atomic mass is 10.1. The fourth-order valence-electron chi connectivity index (χ4n) is 1.55. The molecule has 0 amide bonds. The first-order chi connectivity index (χ1) is 9.49. The number of rotatable bonds is 7. The van der Waals surface area contributed by atoms with Gasteiger partial charge in [-0.2, -0.15) is 0 Å². The fourth-order valence-corrected chi connectivity index (χ4v) is 1.55. The van der Waals surface area contributed by atoms with Gasteiger partial charge in [0.1, 0.15) is 5.75 Å². The molecule has 0 bridgehead atoms. The molecular formula is C13H15NO6. The molecule has 0 saturated carbocycles. The third kappa shape index (κ3) is 3.98. The van der Waals surface area contributed by atoms with Crippen LogP contribution in [-0.2, 0) is 4.79 Å². The zero-order valence-electron chi connectivity index (χ0n) is 11.2. The predicted molar refractivity (Wildman–Crippen MR) is 72.1 cm³/mol. The average Bonchev–Trinajstić information content (AvgIpc) is 2.37. The van der Waals surface area contributed by atoms with Gasteiger partial charge in [-0.3, -0.25) is 10.1 Å². The SMILES string of the molecule is CCOc1cc(OCC)c([N+](=O)[O-])cc1/C=C/C(=O)O. The molecule has 0 saturated heterocycles. The number of hydrogen-bond acceptors (Lipinski definition) is 5. The second kappa shape index (κ2) is 7.13. The molecule has 1 N–H and O–H groups in total. The van der Waals surface area contributed by atoms with Crippen molar-refractivity contribution in [2.24, 2.45) is 0 Å². The number of carbonyl (C=O) groups is 1. The topological polar surface area (TPSA) is 98.9 Å². The molecule has 0 aliphatic carbocycles. The number of carboxylic acid groups (broad SMARTS) is 1. The average molecular weight is 281 g/mol. The Morgan fingerprint density at radius 2 is 1.90 bits per heavy atom. The van der Waals surface area contributed by atoms with Gasteiger partial charge < -0.3 is 14.6 Å². The van der Waals surface area contributed by atoms with Gasteiger partial charge in [-0.25, -0.2) is 4.79 Å². The summed E-state index contributed by atoms with van der Waals surface area (Å²) < 4.78 is 10.5. The van der Waals surface area contributed by atoms with E-state index in [1.54, 1.807) is 13.8 Å². The van der Waals surface area contributed by atoms with Crippen LogP contribution in [0.25, 0.3) is 6.08 Å². The minimum atomic E-state index is -1.15. The number of nitro groups is 1. The summed E-state index contributed by atoms with van der Waals surface area (Å²) in [5.74, 6) is -0.725. The van der Waals surface area contributed by atoms with E-state index < -0.39 is 10.9 Å². The molecule has 0 unspecified atom stereocenters. The Balaban J connectivity index is 3.35. The summed E-state index contributed by atoms with van der Waals surface area (Å²) in [5.41, 5.74) is 0.0738. The zero-order valence-corrected chi connectivity index (χ0v) is 11.2. The van der Waals surface area contributed by atoms with Gasteiger partial charge >= 0.3 is 11.7 Å². The molecule has 7 nitrogen and oxygen atoms in total. The van der Waals surface area contributed by atoms with E-state index >= 15 is 0 Å². The Bertz CT molecular complexity index is 538. The third-order valence-electron chi connectivity index (χ3n) is 2.29. The van der Waals surface area contributed by atoms with E-state index in [9.17, 15) is 14.9 Å². The normalized spacial score (nSPS) is 10.5. The highest BCUT2D eigenvalue weighted by molar-refractivity contribution is 5.86. The molecule has 0 fully saturated rings. The van der Waals surface area contributed by atoms with E-state index in [0.29, 0.717) is 17.9 Å². The minimum absolute atomic E-state index is 0.0911. The first-order valence-corrected chi connectivity index (χ1v) is 5.98. The maximum atomic E-state index is 11.0. The Hall–Kier alpha value is -2.57. The molecule has 0 aliphatic rings. The first-order valence-electron chi connectivity index (χ1n) is 5.98. The number of ether oxygens (including phenoxy) is 2. The van der Waals surface area contributed by atoms with E-state index in [0.717, 1.165) is 6.08 Å². The highest BCUT2D eigenvalue weighted by Gasteiger charge is 2.19. The van der Waals surface area contributed by atoms with Gasteiger partial charge in [0.25, 0.3) is 0 Å². The molecule has 0 spiro atoms. The molecule has 108 valence electrons. The van der Waals surface area contributed by atoms with Crippen LogP contribution >= 0.6 is 0 Å². The third-order valence-corrected chi connectivity index (χ3v) is 2.29. The number of benzene rings is 1. The molecule has 0 heterocycles. The Kier molecular flexibility index (Phi) is 5.52. The lowest BCUT2D eigenvalue weighted by Gasteiger charge is -2.10. The van der Waals surface area contributed by atoms with E-state index in [2.05, 4.69) is 0 Å². The maximum Gasteiger partial charge on any atom is 0.328 e. The van der Waals surface area contributed by atoms with Crippen molar-refractivity contribution in [3.05, 3.63) is 33.9 Å². The minimum Gasteiger partial charge on any atom is -0.493 e. The van der Waals surface area contributed by atoms with Crippen molar-refractivity contribution in [2.75, 3.05) is 13.2 Å². The standard InChI is InChI=1S/C13H15NO6/c1-3-19-11-8-12(20-4-2)10(14(17)18)7-9(11)5-6-13(15)16/h5-8H,3-4H2,1-2H3,(H,15,16)/b6-5+. The van der Waals surface area contributed by atoms with Crippen molar-refractivity contribution in [3.8, 4) is 11.5 Å². The lowest BCUT2D eigenvalue weighted by molar-refractivity contribution is -0.385. The number of carboxylic acids is 1. The summed E-state index contributed by atoms with van der Waals surface area (Å²) in [6, 6.07) is 2.63. The second-order valence-electron chi connectivity index (χ2n) is 3.65. The summed E-state index contributed by atoms with van der Waals surface area (Å²) >= 11 is 0. The van der Waals surface area contributed by atoms with Gasteiger partial charge in [-0.1, -0.05) is 0 Å². The number of hydrogen-bond donors (Lipinski definition) is 1. The van der Waals surface area contributed by atoms with Crippen LogP contribution in [0.2, 0.25) is 0 Å². The summed E-state index contributed by atoms with van der Waals surface area (Å²) in [5, 5.41) is 19.6. The molecule has 7 heteroatoms. The molecular weight excluding hydrogens is 266 g/mol. The maximum absolute atomic E-state index is 11.0. The summed E-state index contributed by atoms with van der Waals surface area (Å²) in [7, 11) is 0. The molecule has 0 aromatic heterocycles. The van der Waals surface area contributed by atoms with E-state index in [-0.39, 0.29) is 18.0 Å². The molecule has 0 radical (unpaired) electrons. The predicted octanol–water partition coefficient (Wildman–Crippen LogP) is 2.49. The van der Waals surface area contributed by atoms with Crippen molar-refractivity contribution in [2.45, 2.75) is 13.8 Å². The number of nitro benzene ring substituents is 1. The van der Waals surface area contributed by atoms with Crippen LogP contribution in [0.4, 0.5) is 5.69 Å². The van der Waals surface area contributed by atoms with Crippen LogP contribution in [0.15, 0.2) is 18.2 Å².